The Kier molecular flexibility index (Phi) is 8.85. The summed E-state index contributed by atoms with van der Waals surface area (Å²) in [4.78, 5) is 19.3. The summed E-state index contributed by atoms with van der Waals surface area (Å²) in [5.74, 6) is -2.16. The molecule has 0 bridgehead atoms. The first kappa shape index (κ1) is 26.6. The van der Waals surface area contributed by atoms with Gasteiger partial charge in [0.05, 0.1) is 15.9 Å². The average molecular weight is 522 g/mol. The van der Waals surface area contributed by atoms with Crippen LogP contribution in [-0.2, 0) is 25.9 Å². The number of sulfone groups is 1. The minimum Gasteiger partial charge on any atom is -0.387 e. The minimum atomic E-state index is -3.97. The Morgan fingerprint density at radius 1 is 1.09 bits per heavy atom. The van der Waals surface area contributed by atoms with Gasteiger partial charge in [0.25, 0.3) is 0 Å². The highest BCUT2D eigenvalue weighted by atomic mass is 35.5. The maximum absolute atomic E-state index is 14.2. The van der Waals surface area contributed by atoms with Crippen LogP contribution in [-0.4, -0.2) is 32.1 Å². The van der Waals surface area contributed by atoms with Crippen LogP contribution in [0.15, 0.2) is 76.5 Å². The predicted molar refractivity (Wildman–Crippen MR) is 128 cm³/mol. The third-order valence-corrected chi connectivity index (χ3v) is 7.13. The fraction of sp³-hybridized carbons (Fsp3) is 0.240. The zero-order chi connectivity index (χ0) is 25.6. The fourth-order valence-electron chi connectivity index (χ4n) is 3.33. The normalized spacial score (nSPS) is 13.2. The van der Waals surface area contributed by atoms with E-state index in [0.29, 0.717) is 23.6 Å². The quantitative estimate of drug-likeness (QED) is 0.301. The van der Waals surface area contributed by atoms with Gasteiger partial charge in [-0.2, -0.15) is 0 Å². The van der Waals surface area contributed by atoms with Crippen LogP contribution >= 0.6 is 11.6 Å². The highest BCUT2D eigenvalue weighted by Gasteiger charge is 2.20. The first-order valence-electron chi connectivity index (χ1n) is 10.7. The molecular formula is C25H25ClFNO6S. The van der Waals surface area contributed by atoms with E-state index in [1.165, 1.54) is 18.2 Å². The van der Waals surface area contributed by atoms with Gasteiger partial charge in [0.1, 0.15) is 0 Å². The predicted octanol–water partition coefficient (Wildman–Crippen LogP) is 4.42. The van der Waals surface area contributed by atoms with Crippen LogP contribution in [0.5, 0.6) is 5.75 Å². The molecule has 3 aromatic carbocycles. The molecule has 0 heterocycles. The van der Waals surface area contributed by atoms with Gasteiger partial charge < -0.3 is 10.4 Å². The Morgan fingerprint density at radius 2 is 1.77 bits per heavy atom. The van der Waals surface area contributed by atoms with Crippen LogP contribution in [0.3, 0.4) is 0 Å². The van der Waals surface area contributed by atoms with Crippen molar-refractivity contribution in [2.45, 2.75) is 42.2 Å². The van der Waals surface area contributed by atoms with Gasteiger partial charge in [-0.1, -0.05) is 35.9 Å². The molecule has 0 aliphatic heterocycles. The van der Waals surface area contributed by atoms with Gasteiger partial charge in [-0.15, -0.1) is 0 Å². The van der Waals surface area contributed by atoms with Gasteiger partial charge >= 0.3 is 5.97 Å². The van der Waals surface area contributed by atoms with Crippen molar-refractivity contribution >= 4 is 27.4 Å². The summed E-state index contributed by atoms with van der Waals surface area (Å²) in [6, 6.07) is 16.4. The molecule has 0 fully saturated rings. The first-order valence-corrected chi connectivity index (χ1v) is 12.6. The largest absolute Gasteiger partial charge is 0.387 e. The first-order chi connectivity index (χ1) is 16.6. The molecule has 3 aromatic rings. The molecule has 0 unspecified atom stereocenters. The molecule has 2 atom stereocenters. The van der Waals surface area contributed by atoms with Gasteiger partial charge in [-0.25, -0.2) is 17.6 Å². The molecule has 0 aromatic heterocycles. The summed E-state index contributed by atoms with van der Waals surface area (Å²) in [5, 5.41) is 14.1. The van der Waals surface area contributed by atoms with Crippen molar-refractivity contribution in [3.05, 3.63) is 88.7 Å². The van der Waals surface area contributed by atoms with Crippen molar-refractivity contribution in [1.82, 2.24) is 5.32 Å². The molecule has 0 aliphatic rings. The molecule has 0 aliphatic carbocycles. The van der Waals surface area contributed by atoms with E-state index in [1.807, 2.05) is 6.92 Å². The molecule has 3 rings (SSSR count). The maximum atomic E-state index is 14.2. The van der Waals surface area contributed by atoms with Gasteiger partial charge in [-0.05, 0) is 66.9 Å². The molecule has 0 saturated carbocycles. The second-order valence-corrected chi connectivity index (χ2v) is 10.4. The van der Waals surface area contributed by atoms with Crippen LogP contribution in [0.2, 0.25) is 5.02 Å². The summed E-state index contributed by atoms with van der Waals surface area (Å²) >= 11 is 5.97. The Morgan fingerprint density at radius 3 is 2.40 bits per heavy atom. The summed E-state index contributed by atoms with van der Waals surface area (Å²) in [5.41, 5.74) is 1.60. The van der Waals surface area contributed by atoms with Crippen molar-refractivity contribution in [2.75, 3.05) is 6.54 Å². The van der Waals surface area contributed by atoms with E-state index < -0.39 is 33.5 Å². The lowest BCUT2D eigenvalue weighted by atomic mass is 10.1. The van der Waals surface area contributed by atoms with Crippen molar-refractivity contribution < 1.29 is 32.5 Å². The summed E-state index contributed by atoms with van der Waals surface area (Å²) in [6.07, 6.45) is -0.116. The highest BCUT2D eigenvalue weighted by molar-refractivity contribution is 7.91. The van der Waals surface area contributed by atoms with Crippen LogP contribution in [0, 0.1) is 5.82 Å². The van der Waals surface area contributed by atoms with E-state index in [2.05, 4.69) is 15.1 Å². The smallest absolute Gasteiger partial charge is 0.352 e. The van der Waals surface area contributed by atoms with Gasteiger partial charge in [0.2, 0.25) is 15.6 Å². The van der Waals surface area contributed by atoms with Gasteiger partial charge in [-0.3, -0.25) is 9.78 Å². The maximum Gasteiger partial charge on any atom is 0.352 e. The third-order valence-electron chi connectivity index (χ3n) is 5.13. The zero-order valence-corrected chi connectivity index (χ0v) is 20.6. The summed E-state index contributed by atoms with van der Waals surface area (Å²) < 4.78 is 40.0. The number of rotatable bonds is 10. The third kappa shape index (κ3) is 7.25. The number of nitrogens with one attached hydrogen (secondary N) is 1. The number of aliphatic hydroxyl groups is 1. The Balaban J connectivity index is 1.61. The monoisotopic (exact) mass is 521 g/mol. The number of hydrogen-bond acceptors (Lipinski definition) is 7. The van der Waals surface area contributed by atoms with Crippen molar-refractivity contribution in [1.29, 1.82) is 0 Å². The fourth-order valence-corrected chi connectivity index (χ4v) is 4.80. The Bertz CT molecular complexity index is 1280. The molecule has 35 heavy (non-hydrogen) atoms. The summed E-state index contributed by atoms with van der Waals surface area (Å²) in [6.45, 7) is 3.37. The zero-order valence-electron chi connectivity index (χ0n) is 19.1. The van der Waals surface area contributed by atoms with E-state index in [1.54, 1.807) is 36.4 Å². The van der Waals surface area contributed by atoms with E-state index >= 15 is 0 Å². The molecule has 2 N–H and O–H groups in total. The SMILES string of the molecule is CC(=O)OOc1ccc(S(=O)(=O)c2ccc(C[C@@H](C)NC[C@H](O)c3cccc(Cl)c3)cc2)cc1F. The molecule has 186 valence electrons. The Hall–Kier alpha value is -2.98. The molecule has 0 spiro atoms. The molecule has 0 amide bonds. The van der Waals surface area contributed by atoms with Crippen molar-refractivity contribution in [2.24, 2.45) is 0 Å². The minimum absolute atomic E-state index is 0.00477. The number of hydrogen-bond donors (Lipinski definition) is 2. The van der Waals surface area contributed by atoms with Crippen LogP contribution in [0.25, 0.3) is 0 Å². The second-order valence-electron chi connectivity index (χ2n) is 7.98. The molecular weight excluding hydrogens is 497 g/mol. The Labute approximate surface area is 208 Å². The lowest BCUT2D eigenvalue weighted by molar-refractivity contribution is -0.211. The average Bonchev–Trinajstić information content (AvgIpc) is 2.82. The van der Waals surface area contributed by atoms with E-state index in [-0.39, 0.29) is 15.8 Å². The number of carbonyl (C=O) groups excluding carboxylic acids is 1. The number of benzene rings is 3. The van der Waals surface area contributed by atoms with Gasteiger partial charge in [0, 0.05) is 24.5 Å². The van der Waals surface area contributed by atoms with E-state index in [4.69, 9.17) is 11.6 Å². The van der Waals surface area contributed by atoms with E-state index in [0.717, 1.165) is 24.6 Å². The lowest BCUT2D eigenvalue weighted by Crippen LogP contribution is -2.32. The van der Waals surface area contributed by atoms with Crippen molar-refractivity contribution in [3.8, 4) is 5.75 Å². The summed E-state index contributed by atoms with van der Waals surface area (Å²) in [7, 11) is -3.97. The number of carbonyl (C=O) groups is 1. The molecule has 7 nitrogen and oxygen atoms in total. The highest BCUT2D eigenvalue weighted by Crippen LogP contribution is 2.26. The number of halogens is 2. The molecule has 10 heteroatoms. The van der Waals surface area contributed by atoms with Crippen LogP contribution < -0.4 is 10.2 Å². The topological polar surface area (TPSA) is 102 Å². The second kappa shape index (κ2) is 11.6. The standard InChI is InChI=1S/C25H25ClFNO6S/c1-16(28-15-24(30)19-4-3-5-20(26)13-19)12-18-6-8-21(9-7-18)35(31,32)22-10-11-25(23(27)14-22)34-33-17(2)29/h3-11,13-14,16,24,28,30H,12,15H2,1-2H3/t16-,24+/m1/s1. The van der Waals surface area contributed by atoms with Crippen LogP contribution in [0.4, 0.5) is 4.39 Å². The molecule has 0 saturated heterocycles. The number of aliphatic hydroxyl groups excluding tert-OH is 1. The van der Waals surface area contributed by atoms with E-state index in [9.17, 15) is 22.7 Å². The lowest BCUT2D eigenvalue weighted by Gasteiger charge is -2.18. The van der Waals surface area contributed by atoms with Crippen molar-refractivity contribution in [3.63, 3.8) is 0 Å². The van der Waals surface area contributed by atoms with Crippen LogP contribution in [0.1, 0.15) is 31.1 Å². The van der Waals surface area contributed by atoms with Gasteiger partial charge in [0.15, 0.2) is 5.82 Å². The molecule has 0 radical (unpaired) electrons.